The van der Waals surface area contributed by atoms with E-state index in [0.29, 0.717) is 25.1 Å². The minimum atomic E-state index is -0.339. The lowest BCUT2D eigenvalue weighted by atomic mass is 9.71. The van der Waals surface area contributed by atoms with Crippen LogP contribution < -0.4 is 11.1 Å². The molecule has 0 atom stereocenters. The number of amides is 1. The minimum Gasteiger partial charge on any atom is -0.465 e. The lowest BCUT2D eigenvalue weighted by Gasteiger charge is -2.35. The first-order valence-corrected chi connectivity index (χ1v) is 8.73. The van der Waals surface area contributed by atoms with Crippen LogP contribution in [-0.2, 0) is 16.0 Å². The molecule has 0 aromatic heterocycles. The molecule has 0 bridgehead atoms. The van der Waals surface area contributed by atoms with Gasteiger partial charge >= 0.3 is 5.97 Å². The zero-order valence-corrected chi connectivity index (χ0v) is 15.7. The van der Waals surface area contributed by atoms with Gasteiger partial charge in [-0.2, -0.15) is 0 Å². The topological polar surface area (TPSA) is 81.4 Å². The standard InChI is InChI=1S/C19H28N2O3.ClH/c1-24-18(23)16-7-5-15(6-8-16)9-12-21-17(22)13-19(14-20)10-3-2-4-11-19;/h5-8H,2-4,9-14,20H2,1H3,(H,21,22);1H. The lowest BCUT2D eigenvalue weighted by Crippen LogP contribution is -2.39. The van der Waals surface area contributed by atoms with Gasteiger partial charge in [-0.25, -0.2) is 4.79 Å². The van der Waals surface area contributed by atoms with E-state index in [2.05, 4.69) is 10.1 Å². The normalized spacial score (nSPS) is 15.8. The number of nitrogens with two attached hydrogens (primary N) is 1. The third kappa shape index (κ3) is 6.33. The Balaban J connectivity index is 0.00000312. The van der Waals surface area contributed by atoms with Crippen LogP contribution in [-0.4, -0.2) is 32.1 Å². The molecule has 0 heterocycles. The number of esters is 1. The van der Waals surface area contributed by atoms with Crippen LogP contribution in [0.4, 0.5) is 0 Å². The van der Waals surface area contributed by atoms with E-state index in [9.17, 15) is 9.59 Å². The summed E-state index contributed by atoms with van der Waals surface area (Å²) in [5.41, 5.74) is 7.56. The molecule has 1 aromatic carbocycles. The second-order valence-corrected chi connectivity index (χ2v) is 6.73. The number of hydrogen-bond acceptors (Lipinski definition) is 4. The van der Waals surface area contributed by atoms with Crippen LogP contribution >= 0.6 is 12.4 Å². The Labute approximate surface area is 156 Å². The van der Waals surface area contributed by atoms with E-state index in [1.54, 1.807) is 12.1 Å². The average Bonchev–Trinajstić information content (AvgIpc) is 2.62. The Hall–Kier alpha value is -1.59. The Morgan fingerprint density at radius 2 is 1.80 bits per heavy atom. The summed E-state index contributed by atoms with van der Waals surface area (Å²) in [4.78, 5) is 23.6. The fourth-order valence-corrected chi connectivity index (χ4v) is 3.43. The van der Waals surface area contributed by atoms with Crippen LogP contribution in [0, 0.1) is 5.41 Å². The fraction of sp³-hybridized carbons (Fsp3) is 0.579. The van der Waals surface area contributed by atoms with Crippen molar-refractivity contribution >= 4 is 24.3 Å². The molecular weight excluding hydrogens is 340 g/mol. The first-order chi connectivity index (χ1) is 11.6. The predicted molar refractivity (Wildman–Crippen MR) is 101 cm³/mol. The summed E-state index contributed by atoms with van der Waals surface area (Å²) in [5.74, 6) is -0.247. The van der Waals surface area contributed by atoms with Crippen LogP contribution in [0.2, 0.25) is 0 Å². The summed E-state index contributed by atoms with van der Waals surface area (Å²) in [6.07, 6.45) is 7.00. The lowest BCUT2D eigenvalue weighted by molar-refractivity contribution is -0.123. The number of hydrogen-bond donors (Lipinski definition) is 2. The molecule has 2 rings (SSSR count). The van der Waals surface area contributed by atoms with Gasteiger partial charge in [0.1, 0.15) is 0 Å². The first kappa shape index (κ1) is 21.5. The number of halogens is 1. The maximum absolute atomic E-state index is 12.2. The summed E-state index contributed by atoms with van der Waals surface area (Å²) in [7, 11) is 1.37. The van der Waals surface area contributed by atoms with E-state index in [1.807, 2.05) is 12.1 Å². The molecule has 6 heteroatoms. The molecule has 5 nitrogen and oxygen atoms in total. The van der Waals surface area contributed by atoms with Crippen molar-refractivity contribution in [2.75, 3.05) is 20.2 Å². The monoisotopic (exact) mass is 368 g/mol. The Bertz CT molecular complexity index is 554. The highest BCUT2D eigenvalue weighted by atomic mass is 35.5. The highest BCUT2D eigenvalue weighted by molar-refractivity contribution is 5.89. The Morgan fingerprint density at radius 1 is 1.16 bits per heavy atom. The fourth-order valence-electron chi connectivity index (χ4n) is 3.43. The van der Waals surface area contributed by atoms with Gasteiger partial charge in [0.2, 0.25) is 5.91 Å². The van der Waals surface area contributed by atoms with Crippen LogP contribution in [0.15, 0.2) is 24.3 Å². The van der Waals surface area contributed by atoms with Gasteiger partial charge in [-0.3, -0.25) is 4.79 Å². The third-order valence-electron chi connectivity index (χ3n) is 4.99. The molecule has 3 N–H and O–H groups in total. The number of benzene rings is 1. The van der Waals surface area contributed by atoms with Crippen molar-refractivity contribution in [1.29, 1.82) is 0 Å². The number of carbonyl (C=O) groups excluding carboxylic acids is 2. The summed E-state index contributed by atoms with van der Waals surface area (Å²) in [6, 6.07) is 7.27. The molecule has 0 aliphatic heterocycles. The molecule has 0 unspecified atom stereocenters. The number of rotatable bonds is 7. The van der Waals surface area contributed by atoms with Gasteiger partial charge in [0, 0.05) is 13.0 Å². The van der Waals surface area contributed by atoms with E-state index in [4.69, 9.17) is 5.73 Å². The zero-order valence-electron chi connectivity index (χ0n) is 14.9. The SMILES string of the molecule is COC(=O)c1ccc(CCNC(=O)CC2(CN)CCCCC2)cc1.Cl. The van der Waals surface area contributed by atoms with Gasteiger partial charge in [-0.15, -0.1) is 12.4 Å². The second-order valence-electron chi connectivity index (χ2n) is 6.73. The molecule has 1 aromatic rings. The van der Waals surface area contributed by atoms with Crippen molar-refractivity contribution in [2.24, 2.45) is 11.1 Å². The van der Waals surface area contributed by atoms with Gasteiger partial charge in [-0.1, -0.05) is 31.4 Å². The van der Waals surface area contributed by atoms with Crippen molar-refractivity contribution < 1.29 is 14.3 Å². The summed E-state index contributed by atoms with van der Waals surface area (Å²) in [6.45, 7) is 1.19. The molecule has 140 valence electrons. The van der Waals surface area contributed by atoms with Crippen molar-refractivity contribution in [3.05, 3.63) is 35.4 Å². The summed E-state index contributed by atoms with van der Waals surface area (Å²) >= 11 is 0. The molecular formula is C19H29ClN2O3. The molecule has 1 fully saturated rings. The number of methoxy groups -OCH3 is 1. The molecule has 1 saturated carbocycles. The smallest absolute Gasteiger partial charge is 0.337 e. The minimum absolute atomic E-state index is 0. The molecule has 1 amide bonds. The van der Waals surface area contributed by atoms with E-state index >= 15 is 0 Å². The van der Waals surface area contributed by atoms with E-state index in [0.717, 1.165) is 24.8 Å². The van der Waals surface area contributed by atoms with Crippen molar-refractivity contribution in [3.8, 4) is 0 Å². The van der Waals surface area contributed by atoms with Crippen molar-refractivity contribution in [3.63, 3.8) is 0 Å². The van der Waals surface area contributed by atoms with Gasteiger partial charge in [0.25, 0.3) is 0 Å². The summed E-state index contributed by atoms with van der Waals surface area (Å²) < 4.78 is 4.67. The predicted octanol–water partition coefficient (Wildman–Crippen LogP) is 2.85. The third-order valence-corrected chi connectivity index (χ3v) is 4.99. The Kier molecular flexibility index (Phi) is 8.93. The van der Waals surface area contributed by atoms with Gasteiger partial charge in [-0.05, 0) is 48.9 Å². The van der Waals surface area contributed by atoms with Gasteiger partial charge < -0.3 is 15.8 Å². The largest absolute Gasteiger partial charge is 0.465 e. The molecule has 25 heavy (non-hydrogen) atoms. The van der Waals surface area contributed by atoms with Crippen LogP contribution in [0.3, 0.4) is 0 Å². The quantitative estimate of drug-likeness (QED) is 0.725. The van der Waals surface area contributed by atoms with Gasteiger partial charge in [0.15, 0.2) is 0 Å². The second kappa shape index (κ2) is 10.4. The number of nitrogens with one attached hydrogen (secondary N) is 1. The number of ether oxygens (including phenoxy) is 1. The number of carbonyl (C=O) groups is 2. The van der Waals surface area contributed by atoms with E-state index < -0.39 is 0 Å². The molecule has 0 saturated heterocycles. The molecule has 1 aliphatic rings. The average molecular weight is 369 g/mol. The van der Waals surface area contributed by atoms with Crippen LogP contribution in [0.25, 0.3) is 0 Å². The summed E-state index contributed by atoms with van der Waals surface area (Å²) in [5, 5.41) is 3.00. The van der Waals surface area contributed by atoms with Crippen LogP contribution in [0.1, 0.15) is 54.4 Å². The first-order valence-electron chi connectivity index (χ1n) is 8.73. The highest BCUT2D eigenvalue weighted by Crippen LogP contribution is 2.38. The highest BCUT2D eigenvalue weighted by Gasteiger charge is 2.32. The molecule has 0 spiro atoms. The molecule has 0 radical (unpaired) electrons. The maximum atomic E-state index is 12.2. The molecule has 1 aliphatic carbocycles. The van der Waals surface area contributed by atoms with Crippen molar-refractivity contribution in [2.45, 2.75) is 44.9 Å². The van der Waals surface area contributed by atoms with Crippen molar-refractivity contribution in [1.82, 2.24) is 5.32 Å². The van der Waals surface area contributed by atoms with Gasteiger partial charge in [0.05, 0.1) is 12.7 Å². The van der Waals surface area contributed by atoms with E-state index in [1.165, 1.54) is 26.4 Å². The van der Waals surface area contributed by atoms with E-state index in [-0.39, 0.29) is 29.7 Å². The maximum Gasteiger partial charge on any atom is 0.337 e. The zero-order chi connectivity index (χ0) is 17.4. The Morgan fingerprint density at radius 3 is 2.36 bits per heavy atom. The van der Waals surface area contributed by atoms with Crippen LogP contribution in [0.5, 0.6) is 0 Å².